The highest BCUT2D eigenvalue weighted by Gasteiger charge is 2.13. The van der Waals surface area contributed by atoms with Crippen LogP contribution in [0.3, 0.4) is 0 Å². The van der Waals surface area contributed by atoms with E-state index in [0.717, 1.165) is 10.6 Å². The standard InChI is InChI=1S/C19H18N2O4S2/c1-2-24-16-6-4-3-5-15(16)21-17(22)10-25-18(23)9-14-12-27-19(20-14)13-7-8-26-11-13/h3-8,11-12H,2,9-10H2,1H3,(H,21,22). The smallest absolute Gasteiger partial charge is 0.312 e. The zero-order valence-corrected chi connectivity index (χ0v) is 16.3. The first-order chi connectivity index (χ1) is 13.2. The fourth-order valence-corrected chi connectivity index (χ4v) is 3.82. The number of ether oxygens (including phenoxy) is 2. The molecule has 0 spiro atoms. The number of carbonyl (C=O) groups excluding carboxylic acids is 2. The molecule has 3 rings (SSSR count). The number of nitrogens with zero attached hydrogens (tertiary/aromatic N) is 1. The number of para-hydroxylation sites is 2. The molecular weight excluding hydrogens is 384 g/mol. The fourth-order valence-electron chi connectivity index (χ4n) is 2.29. The molecule has 0 unspecified atom stereocenters. The Balaban J connectivity index is 1.48. The van der Waals surface area contributed by atoms with Crippen molar-refractivity contribution in [3.63, 3.8) is 0 Å². The monoisotopic (exact) mass is 402 g/mol. The number of carbonyl (C=O) groups is 2. The van der Waals surface area contributed by atoms with Crippen LogP contribution in [0.15, 0.2) is 46.5 Å². The molecule has 0 fully saturated rings. The minimum atomic E-state index is -0.495. The van der Waals surface area contributed by atoms with Gasteiger partial charge in [0.2, 0.25) is 0 Å². The number of nitrogens with one attached hydrogen (secondary N) is 1. The van der Waals surface area contributed by atoms with Crippen molar-refractivity contribution < 1.29 is 19.1 Å². The largest absolute Gasteiger partial charge is 0.492 e. The number of benzene rings is 1. The van der Waals surface area contributed by atoms with Crippen molar-refractivity contribution in [2.24, 2.45) is 0 Å². The first-order valence-corrected chi connectivity index (χ1v) is 10.1. The minimum absolute atomic E-state index is 0.0312. The summed E-state index contributed by atoms with van der Waals surface area (Å²) in [4.78, 5) is 28.4. The molecule has 0 aliphatic rings. The Morgan fingerprint density at radius 1 is 1.19 bits per heavy atom. The predicted molar refractivity (Wildman–Crippen MR) is 106 cm³/mol. The van der Waals surface area contributed by atoms with Gasteiger partial charge in [0.05, 0.1) is 24.4 Å². The van der Waals surface area contributed by atoms with Gasteiger partial charge in [0.1, 0.15) is 10.8 Å². The van der Waals surface area contributed by atoms with E-state index in [1.807, 2.05) is 35.2 Å². The van der Waals surface area contributed by atoms with E-state index in [1.165, 1.54) is 11.3 Å². The summed E-state index contributed by atoms with van der Waals surface area (Å²) in [6, 6.07) is 9.08. The molecule has 2 heterocycles. The summed E-state index contributed by atoms with van der Waals surface area (Å²) in [5.41, 5.74) is 2.21. The molecule has 0 bridgehead atoms. The van der Waals surface area contributed by atoms with Crippen LogP contribution in [0.25, 0.3) is 10.6 Å². The van der Waals surface area contributed by atoms with E-state index in [9.17, 15) is 9.59 Å². The van der Waals surface area contributed by atoms with Crippen LogP contribution >= 0.6 is 22.7 Å². The normalized spacial score (nSPS) is 10.4. The van der Waals surface area contributed by atoms with E-state index >= 15 is 0 Å². The molecule has 0 atom stereocenters. The second-order valence-electron chi connectivity index (χ2n) is 5.47. The van der Waals surface area contributed by atoms with Crippen LogP contribution in [0.2, 0.25) is 0 Å². The summed E-state index contributed by atoms with van der Waals surface area (Å²) in [6.07, 6.45) is 0.0312. The highest BCUT2D eigenvalue weighted by molar-refractivity contribution is 7.14. The number of thiazole rings is 1. The van der Waals surface area contributed by atoms with Gasteiger partial charge in [-0.15, -0.1) is 11.3 Å². The lowest BCUT2D eigenvalue weighted by Crippen LogP contribution is -2.22. The van der Waals surface area contributed by atoms with Gasteiger partial charge in [-0.3, -0.25) is 9.59 Å². The molecule has 1 amide bonds. The molecule has 8 heteroatoms. The number of anilines is 1. The van der Waals surface area contributed by atoms with E-state index in [4.69, 9.17) is 9.47 Å². The Morgan fingerprint density at radius 2 is 2.04 bits per heavy atom. The van der Waals surface area contributed by atoms with Crippen molar-refractivity contribution in [3.8, 4) is 16.3 Å². The van der Waals surface area contributed by atoms with Crippen LogP contribution in [-0.4, -0.2) is 30.1 Å². The molecule has 1 N–H and O–H groups in total. The molecular formula is C19H18N2O4S2. The number of hydrogen-bond acceptors (Lipinski definition) is 7. The van der Waals surface area contributed by atoms with Crippen LogP contribution in [0.5, 0.6) is 5.75 Å². The van der Waals surface area contributed by atoms with E-state index in [1.54, 1.807) is 29.5 Å². The van der Waals surface area contributed by atoms with Crippen molar-refractivity contribution in [3.05, 3.63) is 52.2 Å². The molecule has 2 aromatic heterocycles. The van der Waals surface area contributed by atoms with Gasteiger partial charge >= 0.3 is 5.97 Å². The van der Waals surface area contributed by atoms with Gasteiger partial charge in [-0.1, -0.05) is 12.1 Å². The second-order valence-corrected chi connectivity index (χ2v) is 7.11. The first-order valence-electron chi connectivity index (χ1n) is 8.30. The fraction of sp³-hybridized carbons (Fsp3) is 0.211. The lowest BCUT2D eigenvalue weighted by molar-refractivity contribution is -0.146. The Bertz CT molecular complexity index is 906. The second kappa shape index (κ2) is 9.29. The lowest BCUT2D eigenvalue weighted by Gasteiger charge is -2.11. The Labute approximate surface area is 164 Å². The third kappa shape index (κ3) is 5.38. The number of hydrogen-bond donors (Lipinski definition) is 1. The molecule has 3 aromatic rings. The Morgan fingerprint density at radius 3 is 2.81 bits per heavy atom. The molecule has 0 aliphatic carbocycles. The van der Waals surface area contributed by atoms with Crippen molar-refractivity contribution in [2.75, 3.05) is 18.5 Å². The SMILES string of the molecule is CCOc1ccccc1NC(=O)COC(=O)Cc1csc(-c2ccsc2)n1. The van der Waals surface area contributed by atoms with Crippen molar-refractivity contribution >= 4 is 40.2 Å². The highest BCUT2D eigenvalue weighted by atomic mass is 32.1. The van der Waals surface area contributed by atoms with Crippen LogP contribution in [0, 0.1) is 0 Å². The third-order valence-corrected chi connectivity index (χ3v) is 5.09. The predicted octanol–water partition coefficient (Wildman–Crippen LogP) is 3.99. The molecule has 1 aromatic carbocycles. The maximum absolute atomic E-state index is 12.0. The summed E-state index contributed by atoms with van der Waals surface area (Å²) < 4.78 is 10.5. The highest BCUT2D eigenvalue weighted by Crippen LogP contribution is 2.26. The summed E-state index contributed by atoms with van der Waals surface area (Å²) >= 11 is 3.07. The number of esters is 1. The van der Waals surface area contributed by atoms with Gasteiger partial charge in [-0.25, -0.2) is 4.98 Å². The zero-order chi connectivity index (χ0) is 19.1. The van der Waals surface area contributed by atoms with E-state index in [2.05, 4.69) is 10.3 Å². The maximum Gasteiger partial charge on any atom is 0.312 e. The molecule has 0 aliphatic heterocycles. The van der Waals surface area contributed by atoms with Gasteiger partial charge in [-0.2, -0.15) is 11.3 Å². The van der Waals surface area contributed by atoms with E-state index in [0.29, 0.717) is 23.7 Å². The molecule has 6 nitrogen and oxygen atoms in total. The van der Waals surface area contributed by atoms with Gasteiger partial charge in [-0.05, 0) is 30.5 Å². The van der Waals surface area contributed by atoms with Crippen LogP contribution in [0.4, 0.5) is 5.69 Å². The quantitative estimate of drug-likeness (QED) is 0.577. The number of thiophene rings is 1. The van der Waals surface area contributed by atoms with Gasteiger partial charge in [0.25, 0.3) is 5.91 Å². The summed E-state index contributed by atoms with van der Waals surface area (Å²) in [6.45, 7) is 1.99. The van der Waals surface area contributed by atoms with E-state index in [-0.39, 0.29) is 13.0 Å². The maximum atomic E-state index is 12.0. The topological polar surface area (TPSA) is 77.5 Å². The third-order valence-electron chi connectivity index (χ3n) is 3.47. The van der Waals surface area contributed by atoms with Crippen molar-refractivity contribution in [1.29, 1.82) is 0 Å². The van der Waals surface area contributed by atoms with Gasteiger partial charge in [0, 0.05) is 16.3 Å². The number of amides is 1. The van der Waals surface area contributed by atoms with E-state index < -0.39 is 11.9 Å². The summed E-state index contributed by atoms with van der Waals surface area (Å²) in [5.74, 6) is -0.346. The molecule has 0 saturated heterocycles. The molecule has 0 radical (unpaired) electrons. The summed E-state index contributed by atoms with van der Waals surface area (Å²) in [7, 11) is 0. The lowest BCUT2D eigenvalue weighted by atomic mass is 10.3. The summed E-state index contributed by atoms with van der Waals surface area (Å²) in [5, 5.41) is 9.36. The number of aromatic nitrogens is 1. The Kier molecular flexibility index (Phi) is 6.56. The average Bonchev–Trinajstić information content (AvgIpc) is 3.33. The van der Waals surface area contributed by atoms with Crippen LogP contribution < -0.4 is 10.1 Å². The van der Waals surface area contributed by atoms with Crippen molar-refractivity contribution in [2.45, 2.75) is 13.3 Å². The van der Waals surface area contributed by atoms with Gasteiger partial charge in [0.15, 0.2) is 6.61 Å². The van der Waals surface area contributed by atoms with Crippen molar-refractivity contribution in [1.82, 2.24) is 4.98 Å². The molecule has 0 saturated carbocycles. The zero-order valence-electron chi connectivity index (χ0n) is 14.6. The number of rotatable bonds is 8. The first kappa shape index (κ1) is 19.1. The van der Waals surface area contributed by atoms with Crippen LogP contribution in [-0.2, 0) is 20.7 Å². The van der Waals surface area contributed by atoms with Crippen LogP contribution in [0.1, 0.15) is 12.6 Å². The average molecular weight is 402 g/mol. The Hall–Kier alpha value is -2.71. The molecule has 27 heavy (non-hydrogen) atoms. The molecule has 140 valence electrons. The van der Waals surface area contributed by atoms with Gasteiger partial charge < -0.3 is 14.8 Å². The minimum Gasteiger partial charge on any atom is -0.492 e.